The van der Waals surface area contributed by atoms with E-state index in [-0.39, 0.29) is 0 Å². The highest BCUT2D eigenvalue weighted by molar-refractivity contribution is 8.00. The van der Waals surface area contributed by atoms with E-state index in [1.807, 2.05) is 5.01 Å². The van der Waals surface area contributed by atoms with E-state index in [2.05, 4.69) is 5.43 Å². The summed E-state index contributed by atoms with van der Waals surface area (Å²) >= 11 is 9.40. The first-order valence-corrected chi connectivity index (χ1v) is 3.91. The van der Waals surface area contributed by atoms with Gasteiger partial charge in [-0.15, -0.1) is 0 Å². The summed E-state index contributed by atoms with van der Waals surface area (Å²) < 4.78 is 5.53. The maximum absolute atomic E-state index is 5.12. The maximum Gasteiger partial charge on any atom is 0.0612 e. The first-order valence-electron chi connectivity index (χ1n) is 3.09. The molecule has 0 saturated carbocycles. The van der Waals surface area contributed by atoms with Crippen LogP contribution in [0.25, 0.3) is 0 Å². The predicted octanol–water partition coefficient (Wildman–Crippen LogP) is -0.345. The summed E-state index contributed by atoms with van der Waals surface area (Å²) in [7, 11) is 0. The second kappa shape index (κ2) is 4.02. The summed E-state index contributed by atoms with van der Waals surface area (Å²) in [5, 5.41) is 1.97. The Morgan fingerprint density at radius 3 is 2.60 bits per heavy atom. The van der Waals surface area contributed by atoms with Crippen molar-refractivity contribution in [2.24, 2.45) is 0 Å². The van der Waals surface area contributed by atoms with Crippen LogP contribution in [0.1, 0.15) is 0 Å². The van der Waals surface area contributed by atoms with Gasteiger partial charge in [0.05, 0.1) is 13.2 Å². The van der Waals surface area contributed by atoms with Gasteiger partial charge in [-0.2, -0.15) is 0 Å². The van der Waals surface area contributed by atoms with Gasteiger partial charge in [0.2, 0.25) is 0 Å². The van der Waals surface area contributed by atoms with Crippen molar-refractivity contribution in [1.29, 1.82) is 0 Å². The molecule has 1 heterocycles. The van der Waals surface area contributed by atoms with Gasteiger partial charge in [-0.05, 0) is 4.32 Å². The maximum atomic E-state index is 5.12. The van der Waals surface area contributed by atoms with Gasteiger partial charge in [0.15, 0.2) is 0 Å². The third-order valence-corrected chi connectivity index (χ3v) is 1.44. The van der Waals surface area contributed by atoms with Crippen molar-refractivity contribution in [3.05, 3.63) is 0 Å². The average molecular weight is 177 g/mol. The zero-order valence-corrected chi connectivity index (χ0v) is 7.13. The van der Waals surface area contributed by atoms with Crippen LogP contribution in [0.5, 0.6) is 0 Å². The zero-order chi connectivity index (χ0) is 7.40. The minimum atomic E-state index is 0.405. The van der Waals surface area contributed by atoms with Crippen molar-refractivity contribution in [3.63, 3.8) is 0 Å². The number of ether oxygens (including phenoxy) is 1. The molecular formula is C5H9N2OS2-. The average Bonchev–Trinajstić information content (AvgIpc) is 1.88. The van der Waals surface area contributed by atoms with Gasteiger partial charge in [-0.3, -0.25) is 0 Å². The van der Waals surface area contributed by atoms with E-state index in [0.717, 1.165) is 26.3 Å². The Bertz CT molecular complexity index is 125. The van der Waals surface area contributed by atoms with Crippen molar-refractivity contribution in [1.82, 2.24) is 10.4 Å². The molecule has 10 heavy (non-hydrogen) atoms. The van der Waals surface area contributed by atoms with Crippen LogP contribution in [0.4, 0.5) is 0 Å². The van der Waals surface area contributed by atoms with Crippen molar-refractivity contribution in [2.45, 2.75) is 0 Å². The van der Waals surface area contributed by atoms with Gasteiger partial charge in [-0.1, -0.05) is 0 Å². The lowest BCUT2D eigenvalue weighted by atomic mass is 10.5. The smallest absolute Gasteiger partial charge is 0.0612 e. The minimum absolute atomic E-state index is 0.405. The largest absolute Gasteiger partial charge is 0.410 e. The van der Waals surface area contributed by atoms with Crippen molar-refractivity contribution >= 4 is 29.2 Å². The van der Waals surface area contributed by atoms with E-state index in [0.29, 0.717) is 4.32 Å². The van der Waals surface area contributed by atoms with Gasteiger partial charge >= 0.3 is 0 Å². The van der Waals surface area contributed by atoms with E-state index in [1.54, 1.807) is 0 Å². The molecule has 1 aliphatic heterocycles. The number of hydrazine groups is 1. The molecule has 0 radical (unpaired) electrons. The van der Waals surface area contributed by atoms with Gasteiger partial charge in [0, 0.05) is 13.1 Å². The third kappa shape index (κ3) is 2.74. The predicted molar refractivity (Wildman–Crippen MR) is 45.5 cm³/mol. The van der Waals surface area contributed by atoms with Crippen LogP contribution in [0, 0.1) is 0 Å². The molecule has 0 aromatic rings. The third-order valence-electron chi connectivity index (χ3n) is 1.26. The van der Waals surface area contributed by atoms with E-state index in [9.17, 15) is 0 Å². The fraction of sp³-hybridized carbons (Fsp3) is 0.800. The number of hydrogen-bond acceptors (Lipinski definition) is 4. The molecule has 1 aliphatic rings. The van der Waals surface area contributed by atoms with E-state index in [1.165, 1.54) is 0 Å². The Labute approximate surface area is 71.1 Å². The first-order chi connectivity index (χ1) is 4.79. The molecule has 1 rings (SSSR count). The Hall–Kier alpha value is 0.0300. The van der Waals surface area contributed by atoms with Crippen LogP contribution < -0.4 is 5.43 Å². The number of morpholine rings is 1. The lowest BCUT2D eigenvalue weighted by molar-refractivity contribution is 0.0258. The summed E-state index contributed by atoms with van der Waals surface area (Å²) in [6, 6.07) is 0. The second-order valence-corrected chi connectivity index (χ2v) is 3.07. The highest BCUT2D eigenvalue weighted by atomic mass is 32.1. The topological polar surface area (TPSA) is 24.5 Å². The molecule has 3 nitrogen and oxygen atoms in total. The van der Waals surface area contributed by atoms with Crippen molar-refractivity contribution in [3.8, 4) is 0 Å². The van der Waals surface area contributed by atoms with E-state index >= 15 is 0 Å². The molecule has 5 heteroatoms. The molecule has 0 unspecified atom stereocenters. The molecule has 0 amide bonds. The summed E-state index contributed by atoms with van der Waals surface area (Å²) in [5.74, 6) is 0. The number of rotatable bonds is 1. The van der Waals surface area contributed by atoms with Crippen LogP contribution in [0.2, 0.25) is 0 Å². The van der Waals surface area contributed by atoms with Crippen LogP contribution in [0.3, 0.4) is 0 Å². The Morgan fingerprint density at radius 1 is 1.50 bits per heavy atom. The Balaban J connectivity index is 2.19. The lowest BCUT2D eigenvalue weighted by Crippen LogP contribution is -2.47. The van der Waals surface area contributed by atoms with Crippen LogP contribution >= 0.6 is 12.2 Å². The summed E-state index contributed by atoms with van der Waals surface area (Å²) in [6.45, 7) is 3.23. The Morgan fingerprint density at radius 2 is 2.10 bits per heavy atom. The van der Waals surface area contributed by atoms with Gasteiger partial charge in [-0.25, -0.2) is 5.01 Å². The standard InChI is InChI=1S/C5H10N2OS2/c9-5(10)6-7-1-3-8-4-2-7/h1-4H2,(H2,6,9,10)/p-1. The molecule has 0 bridgehead atoms. The molecule has 0 aromatic carbocycles. The summed E-state index contributed by atoms with van der Waals surface area (Å²) in [4.78, 5) is 0. The SMILES string of the molecule is S=C([S-])NN1CCOCC1. The number of nitrogens with one attached hydrogen (secondary N) is 1. The molecule has 1 N–H and O–H groups in total. The normalized spacial score (nSPS) is 20.4. The molecule has 0 atom stereocenters. The van der Waals surface area contributed by atoms with Crippen molar-refractivity contribution in [2.75, 3.05) is 26.3 Å². The van der Waals surface area contributed by atoms with Gasteiger partial charge < -0.3 is 35.0 Å². The fourth-order valence-corrected chi connectivity index (χ4v) is 1.06. The first kappa shape index (κ1) is 8.13. The quantitative estimate of drug-likeness (QED) is 0.436. The molecule has 0 aliphatic carbocycles. The Kier molecular flexibility index (Phi) is 3.27. The highest BCUT2D eigenvalue weighted by Gasteiger charge is 2.07. The summed E-state index contributed by atoms with van der Waals surface area (Å²) in [6.07, 6.45) is 0. The number of nitrogens with zero attached hydrogens (tertiary/aromatic N) is 1. The highest BCUT2D eigenvalue weighted by Crippen LogP contribution is 1.91. The van der Waals surface area contributed by atoms with E-state index < -0.39 is 0 Å². The zero-order valence-electron chi connectivity index (χ0n) is 5.50. The monoisotopic (exact) mass is 177 g/mol. The molecule has 1 fully saturated rings. The van der Waals surface area contributed by atoms with Crippen LogP contribution in [-0.2, 0) is 17.4 Å². The molecule has 1 saturated heterocycles. The summed E-state index contributed by atoms with van der Waals surface area (Å²) in [5.41, 5.74) is 2.88. The lowest BCUT2D eigenvalue weighted by Gasteiger charge is -2.29. The number of thiocarbonyl (C=S) groups is 1. The second-order valence-electron chi connectivity index (χ2n) is 2.00. The van der Waals surface area contributed by atoms with Crippen LogP contribution in [-0.4, -0.2) is 35.6 Å². The van der Waals surface area contributed by atoms with Crippen molar-refractivity contribution < 1.29 is 4.74 Å². The molecular weight excluding hydrogens is 168 g/mol. The van der Waals surface area contributed by atoms with Crippen LogP contribution in [0.15, 0.2) is 0 Å². The fourth-order valence-electron chi connectivity index (χ4n) is 0.804. The molecule has 0 aromatic heterocycles. The molecule has 58 valence electrons. The number of hydrogen-bond donors (Lipinski definition) is 1. The van der Waals surface area contributed by atoms with Gasteiger partial charge in [0.25, 0.3) is 0 Å². The van der Waals surface area contributed by atoms with Gasteiger partial charge in [0.1, 0.15) is 0 Å². The van der Waals surface area contributed by atoms with E-state index in [4.69, 9.17) is 29.6 Å². The molecule has 0 spiro atoms. The minimum Gasteiger partial charge on any atom is -0.410 e.